The first-order valence-electron chi connectivity index (χ1n) is 12.1. The Morgan fingerprint density at radius 1 is 1.03 bits per heavy atom. The van der Waals surface area contributed by atoms with Crippen LogP contribution in [0.15, 0.2) is 65.4 Å². The van der Waals surface area contributed by atoms with E-state index in [0.717, 1.165) is 5.56 Å². The number of nitrogens with zero attached hydrogens (tertiary/aromatic N) is 4. The van der Waals surface area contributed by atoms with E-state index in [1.54, 1.807) is 18.2 Å². The van der Waals surface area contributed by atoms with Crippen molar-refractivity contribution in [2.24, 2.45) is 17.1 Å². The Morgan fingerprint density at radius 2 is 1.67 bits per heavy atom. The first-order valence-corrected chi connectivity index (χ1v) is 12.1. The van der Waals surface area contributed by atoms with Gasteiger partial charge in [0, 0.05) is 36.6 Å². The minimum absolute atomic E-state index is 0.0658. The van der Waals surface area contributed by atoms with Gasteiger partial charge < -0.3 is 29.6 Å². The molecule has 0 bridgehead atoms. The Kier molecular flexibility index (Phi) is 7.65. The molecule has 0 spiro atoms. The Balaban J connectivity index is 1.83. The zero-order chi connectivity index (χ0) is 28.2. The molecule has 2 aromatic carbocycles. The molecule has 1 heterocycles. The molecule has 0 radical (unpaired) electrons. The second-order valence-corrected chi connectivity index (χ2v) is 9.07. The summed E-state index contributed by atoms with van der Waals surface area (Å²) >= 11 is 0. The number of hydrogen-bond acceptors (Lipinski definition) is 9. The van der Waals surface area contributed by atoms with Crippen molar-refractivity contribution >= 4 is 6.09 Å². The maximum absolute atomic E-state index is 13.1. The van der Waals surface area contributed by atoms with Gasteiger partial charge in [0.25, 0.3) is 0 Å². The molecule has 2 aliphatic rings. The molecule has 4 rings (SSSR count). The SMILES string of the molecule is COc1cc(OC)c([C@H]2[C@H]3CN(C(=O)OCc4ccccc4)CC=C3C(C#N)=C(N)C2(C#N)C#N)cc1OC. The average molecular weight is 526 g/mol. The Morgan fingerprint density at radius 3 is 2.26 bits per heavy atom. The van der Waals surface area contributed by atoms with E-state index >= 15 is 0 Å². The van der Waals surface area contributed by atoms with Crippen molar-refractivity contribution < 1.29 is 23.7 Å². The molecule has 0 saturated heterocycles. The molecule has 2 N–H and O–H groups in total. The van der Waals surface area contributed by atoms with E-state index in [-0.39, 0.29) is 31.0 Å². The van der Waals surface area contributed by atoms with Crippen molar-refractivity contribution in [1.82, 2.24) is 4.90 Å². The number of benzene rings is 2. The standard InChI is InChI=1S/C29H27N5O5/c1-36-23-12-25(38-3)24(37-2)11-20(23)26-22-14-34(28(35)39-15-18-7-5-4-6-8-18)10-9-19(22)21(13-30)27(33)29(26,16-31)17-32/h4-9,11-12,22,26H,10,14-15,33H2,1-3H3/t22-,26-/m0/s1. The predicted octanol–water partition coefficient (Wildman–Crippen LogP) is 3.77. The fourth-order valence-corrected chi connectivity index (χ4v) is 5.28. The molecular formula is C29H27N5O5. The third kappa shape index (κ3) is 4.56. The van der Waals surface area contributed by atoms with Crippen LogP contribution in [-0.2, 0) is 11.3 Å². The van der Waals surface area contributed by atoms with Crippen LogP contribution in [0.25, 0.3) is 0 Å². The molecule has 2 atom stereocenters. The van der Waals surface area contributed by atoms with Gasteiger partial charge in [0.15, 0.2) is 16.9 Å². The number of amides is 1. The summed E-state index contributed by atoms with van der Waals surface area (Å²) in [5.41, 5.74) is 6.26. The number of allylic oxidation sites excluding steroid dienone is 2. The number of carbonyl (C=O) groups excluding carboxylic acids is 1. The average Bonchev–Trinajstić information content (AvgIpc) is 2.99. The van der Waals surface area contributed by atoms with E-state index in [0.29, 0.717) is 28.4 Å². The van der Waals surface area contributed by atoms with Crippen LogP contribution in [0.1, 0.15) is 17.0 Å². The first kappa shape index (κ1) is 26.9. The highest BCUT2D eigenvalue weighted by atomic mass is 16.6. The number of methoxy groups -OCH3 is 3. The lowest BCUT2D eigenvalue weighted by atomic mass is 9.58. The van der Waals surface area contributed by atoms with E-state index in [9.17, 15) is 20.6 Å². The van der Waals surface area contributed by atoms with Crippen molar-refractivity contribution in [3.8, 4) is 35.5 Å². The lowest BCUT2D eigenvalue weighted by Crippen LogP contribution is -2.49. The monoisotopic (exact) mass is 525 g/mol. The fourth-order valence-electron chi connectivity index (χ4n) is 5.28. The van der Waals surface area contributed by atoms with Crippen LogP contribution in [-0.4, -0.2) is 45.4 Å². The van der Waals surface area contributed by atoms with Crippen LogP contribution < -0.4 is 19.9 Å². The maximum Gasteiger partial charge on any atom is 0.410 e. The van der Waals surface area contributed by atoms with Crippen LogP contribution in [0.2, 0.25) is 0 Å². The topological polar surface area (TPSA) is 155 Å². The van der Waals surface area contributed by atoms with Gasteiger partial charge in [0.2, 0.25) is 0 Å². The van der Waals surface area contributed by atoms with Gasteiger partial charge in [0.1, 0.15) is 18.4 Å². The lowest BCUT2D eigenvalue weighted by molar-refractivity contribution is 0.0897. The second-order valence-electron chi connectivity index (χ2n) is 9.07. The second kappa shape index (κ2) is 11.1. The third-order valence-electron chi connectivity index (χ3n) is 7.20. The van der Waals surface area contributed by atoms with E-state index in [1.807, 2.05) is 30.3 Å². The molecule has 0 fully saturated rings. The summed E-state index contributed by atoms with van der Waals surface area (Å²) in [4.78, 5) is 14.6. The van der Waals surface area contributed by atoms with Crippen LogP contribution in [0, 0.1) is 45.3 Å². The quantitative estimate of drug-likeness (QED) is 0.593. The highest BCUT2D eigenvalue weighted by Gasteiger charge is 2.55. The molecule has 198 valence electrons. The van der Waals surface area contributed by atoms with Crippen LogP contribution in [0.5, 0.6) is 17.2 Å². The normalized spacial score (nSPS) is 19.4. The summed E-state index contributed by atoms with van der Waals surface area (Å²) in [6.45, 7) is 0.325. The summed E-state index contributed by atoms with van der Waals surface area (Å²) in [7, 11) is 4.40. The molecule has 39 heavy (non-hydrogen) atoms. The van der Waals surface area contributed by atoms with Crippen molar-refractivity contribution in [3.63, 3.8) is 0 Å². The summed E-state index contributed by atoms with van der Waals surface area (Å²) in [6.07, 6.45) is 1.16. The number of nitriles is 3. The number of ether oxygens (including phenoxy) is 4. The van der Waals surface area contributed by atoms with Gasteiger partial charge >= 0.3 is 6.09 Å². The predicted molar refractivity (Wildman–Crippen MR) is 139 cm³/mol. The van der Waals surface area contributed by atoms with Gasteiger partial charge in [-0.25, -0.2) is 4.79 Å². The number of hydrogen-bond donors (Lipinski definition) is 1. The summed E-state index contributed by atoms with van der Waals surface area (Å²) in [5.74, 6) is -0.497. The zero-order valence-electron chi connectivity index (χ0n) is 21.8. The molecule has 1 aliphatic carbocycles. The molecule has 1 aliphatic heterocycles. The largest absolute Gasteiger partial charge is 0.496 e. The molecule has 2 aromatic rings. The van der Waals surface area contributed by atoms with Crippen LogP contribution >= 0.6 is 0 Å². The fraction of sp³-hybridized carbons (Fsp3) is 0.310. The van der Waals surface area contributed by atoms with Crippen molar-refractivity contribution in [2.75, 3.05) is 34.4 Å². The molecule has 0 aromatic heterocycles. The highest BCUT2D eigenvalue weighted by Crippen LogP contribution is 2.56. The Bertz CT molecular complexity index is 1450. The van der Waals surface area contributed by atoms with E-state index < -0.39 is 23.3 Å². The number of carbonyl (C=O) groups is 1. The first-order chi connectivity index (χ1) is 18.9. The van der Waals surface area contributed by atoms with E-state index in [1.165, 1.54) is 26.2 Å². The van der Waals surface area contributed by atoms with Crippen LogP contribution in [0.4, 0.5) is 4.79 Å². The summed E-state index contributed by atoms with van der Waals surface area (Å²) in [5, 5.41) is 30.8. The highest BCUT2D eigenvalue weighted by molar-refractivity contribution is 5.70. The van der Waals surface area contributed by atoms with Gasteiger partial charge in [-0.3, -0.25) is 0 Å². The minimum atomic E-state index is -1.93. The van der Waals surface area contributed by atoms with Crippen molar-refractivity contribution in [1.29, 1.82) is 15.8 Å². The summed E-state index contributed by atoms with van der Waals surface area (Å²) in [6, 6.07) is 18.8. The maximum atomic E-state index is 13.1. The molecule has 10 nitrogen and oxygen atoms in total. The van der Waals surface area contributed by atoms with Crippen LogP contribution in [0.3, 0.4) is 0 Å². The molecule has 0 unspecified atom stereocenters. The van der Waals surface area contributed by atoms with Gasteiger partial charge in [-0.2, -0.15) is 15.8 Å². The smallest absolute Gasteiger partial charge is 0.410 e. The van der Waals surface area contributed by atoms with Gasteiger partial charge in [-0.1, -0.05) is 36.4 Å². The summed E-state index contributed by atoms with van der Waals surface area (Å²) < 4.78 is 22.1. The Hall–Kier alpha value is -5.14. The number of rotatable bonds is 6. The molecular weight excluding hydrogens is 498 g/mol. The lowest BCUT2D eigenvalue weighted by Gasteiger charge is -2.45. The van der Waals surface area contributed by atoms with E-state index in [4.69, 9.17) is 24.7 Å². The van der Waals surface area contributed by atoms with Crippen molar-refractivity contribution in [2.45, 2.75) is 12.5 Å². The third-order valence-corrected chi connectivity index (χ3v) is 7.20. The van der Waals surface area contributed by atoms with Gasteiger partial charge in [-0.15, -0.1) is 0 Å². The molecule has 0 saturated carbocycles. The molecule has 10 heteroatoms. The van der Waals surface area contributed by atoms with Gasteiger partial charge in [0.05, 0.1) is 44.7 Å². The number of nitrogens with two attached hydrogens (primary N) is 1. The number of fused-ring (bicyclic) bond motifs is 1. The Labute approximate surface area is 226 Å². The van der Waals surface area contributed by atoms with Crippen molar-refractivity contribution in [3.05, 3.63) is 76.5 Å². The minimum Gasteiger partial charge on any atom is -0.496 e. The van der Waals surface area contributed by atoms with Gasteiger partial charge in [-0.05, 0) is 17.2 Å². The zero-order valence-corrected chi connectivity index (χ0v) is 21.8. The molecule has 1 amide bonds. The van der Waals surface area contributed by atoms with E-state index in [2.05, 4.69) is 18.2 Å².